The Bertz CT molecular complexity index is 1690. The van der Waals surface area contributed by atoms with Crippen LogP contribution in [0.1, 0.15) is 70.9 Å². The topological polar surface area (TPSA) is 80.9 Å². The van der Waals surface area contributed by atoms with E-state index in [1.165, 1.54) is 75.9 Å². The summed E-state index contributed by atoms with van der Waals surface area (Å²) in [7, 11) is 0. The number of hydrogen-bond donors (Lipinski definition) is 1. The van der Waals surface area contributed by atoms with Crippen molar-refractivity contribution in [2.24, 2.45) is 0 Å². The van der Waals surface area contributed by atoms with Gasteiger partial charge in [0, 0.05) is 29.9 Å². The fraction of sp³-hybridized carbons (Fsp3) is 0.333. The van der Waals surface area contributed by atoms with Crippen LogP contribution in [0.2, 0.25) is 0 Å². The number of carboxylic acids is 1. The molecule has 0 amide bonds. The molecule has 0 spiro atoms. The molecule has 0 unspecified atom stereocenters. The first-order valence-electron chi connectivity index (χ1n) is 13.2. The average molecular weight is 509 g/mol. The van der Waals surface area contributed by atoms with Crippen LogP contribution in [0.5, 0.6) is 0 Å². The maximum atomic E-state index is 11.9. The molecule has 5 heterocycles. The number of aromatic nitrogens is 4. The molecule has 7 rings (SSSR count). The first-order chi connectivity index (χ1) is 18.1. The maximum Gasteiger partial charge on any atom is 0.345 e. The second kappa shape index (κ2) is 8.77. The molecule has 37 heavy (non-hydrogen) atoms. The van der Waals surface area contributed by atoms with Crippen LogP contribution in [0, 0.1) is 6.92 Å². The van der Waals surface area contributed by atoms with Crippen molar-refractivity contribution in [3.8, 4) is 22.6 Å². The van der Waals surface area contributed by atoms with E-state index in [0.717, 1.165) is 47.5 Å². The lowest BCUT2D eigenvalue weighted by Gasteiger charge is -2.24. The molecular weight excluding hydrogens is 480 g/mol. The lowest BCUT2D eigenvalue weighted by atomic mass is 9.82. The van der Waals surface area contributed by atoms with Crippen LogP contribution in [-0.4, -0.2) is 30.6 Å². The summed E-state index contributed by atoms with van der Waals surface area (Å²) in [6.07, 6.45) is 11.5. The van der Waals surface area contributed by atoms with E-state index in [9.17, 15) is 9.90 Å². The highest BCUT2D eigenvalue weighted by atomic mass is 32.1. The number of rotatable bonds is 3. The number of carbonyl (C=O) groups is 1. The predicted octanol–water partition coefficient (Wildman–Crippen LogP) is 7.38. The summed E-state index contributed by atoms with van der Waals surface area (Å²) in [6.45, 7) is 2.86. The van der Waals surface area contributed by atoms with Crippen molar-refractivity contribution in [1.82, 2.24) is 19.5 Å². The number of carboxylic acid groups (broad SMARTS) is 1. The van der Waals surface area contributed by atoms with Crippen LogP contribution in [0.25, 0.3) is 43.8 Å². The van der Waals surface area contributed by atoms with E-state index in [2.05, 4.69) is 38.8 Å². The molecule has 1 aromatic carbocycles. The fourth-order valence-corrected chi connectivity index (χ4v) is 7.63. The van der Waals surface area contributed by atoms with Crippen molar-refractivity contribution >= 4 is 38.4 Å². The molecule has 0 radical (unpaired) electrons. The number of fused-ring (bicyclic) bond motifs is 7. The van der Waals surface area contributed by atoms with E-state index in [1.54, 1.807) is 12.4 Å². The number of hydrogen-bond acceptors (Lipinski definition) is 5. The minimum Gasteiger partial charge on any atom is -0.477 e. The van der Waals surface area contributed by atoms with E-state index in [4.69, 9.17) is 4.98 Å². The normalized spacial score (nSPS) is 16.0. The zero-order valence-corrected chi connectivity index (χ0v) is 21.6. The van der Waals surface area contributed by atoms with Gasteiger partial charge in [-0.25, -0.2) is 9.78 Å². The third kappa shape index (κ3) is 3.59. The summed E-state index contributed by atoms with van der Waals surface area (Å²) in [6, 6.07) is 10.6. The molecule has 1 N–H and O–H groups in total. The molecule has 1 fully saturated rings. The van der Waals surface area contributed by atoms with Gasteiger partial charge in [0.2, 0.25) is 0 Å². The lowest BCUT2D eigenvalue weighted by Crippen LogP contribution is -2.07. The van der Waals surface area contributed by atoms with E-state index >= 15 is 0 Å². The van der Waals surface area contributed by atoms with Gasteiger partial charge < -0.3 is 9.67 Å². The Morgan fingerprint density at radius 2 is 1.89 bits per heavy atom. The van der Waals surface area contributed by atoms with E-state index in [1.807, 2.05) is 13.0 Å². The minimum absolute atomic E-state index is 0.441. The van der Waals surface area contributed by atoms with Gasteiger partial charge in [0.1, 0.15) is 10.6 Å². The van der Waals surface area contributed by atoms with E-state index < -0.39 is 5.97 Å². The molecule has 1 saturated carbocycles. The Hall–Kier alpha value is -3.58. The quantitative estimate of drug-likeness (QED) is 0.275. The summed E-state index contributed by atoms with van der Waals surface area (Å²) < 4.78 is 3.60. The highest BCUT2D eigenvalue weighted by Gasteiger charge is 2.31. The van der Waals surface area contributed by atoms with Gasteiger partial charge in [-0.2, -0.15) is 0 Å². The first-order valence-corrected chi connectivity index (χ1v) is 14.0. The molecule has 1 aliphatic carbocycles. The zero-order chi connectivity index (χ0) is 25.1. The van der Waals surface area contributed by atoms with Crippen molar-refractivity contribution in [1.29, 1.82) is 0 Å². The summed E-state index contributed by atoms with van der Waals surface area (Å²) in [4.78, 5) is 26.2. The lowest BCUT2D eigenvalue weighted by molar-refractivity contribution is 0.0702. The Labute approximate surface area is 219 Å². The van der Waals surface area contributed by atoms with Crippen LogP contribution >= 0.6 is 11.3 Å². The molecule has 186 valence electrons. The second-order valence-electron chi connectivity index (χ2n) is 10.3. The third-order valence-corrected chi connectivity index (χ3v) is 9.31. The van der Waals surface area contributed by atoms with Gasteiger partial charge in [-0.15, -0.1) is 11.3 Å². The number of pyridine rings is 1. The summed E-state index contributed by atoms with van der Waals surface area (Å²) in [5, 5.41) is 10.9. The van der Waals surface area contributed by atoms with Crippen LogP contribution < -0.4 is 0 Å². The van der Waals surface area contributed by atoms with Gasteiger partial charge >= 0.3 is 5.97 Å². The summed E-state index contributed by atoms with van der Waals surface area (Å²) in [5.41, 5.74) is 9.96. The van der Waals surface area contributed by atoms with E-state index in [-0.39, 0.29) is 0 Å². The molecule has 6 nitrogen and oxygen atoms in total. The third-order valence-electron chi connectivity index (χ3n) is 8.17. The van der Waals surface area contributed by atoms with Crippen LogP contribution in [0.3, 0.4) is 0 Å². The first kappa shape index (κ1) is 22.6. The molecule has 2 aliphatic rings. The number of aryl methyl sites for hydroxylation is 3. The number of nitrogens with zero attached hydrogens (tertiary/aromatic N) is 4. The Kier molecular flexibility index (Phi) is 5.36. The number of benzene rings is 1. The highest BCUT2D eigenvalue weighted by molar-refractivity contribution is 7.21. The van der Waals surface area contributed by atoms with Crippen molar-refractivity contribution in [3.63, 3.8) is 0 Å². The fourth-order valence-electron chi connectivity index (χ4n) is 6.51. The minimum atomic E-state index is -0.828. The Morgan fingerprint density at radius 3 is 2.70 bits per heavy atom. The smallest absolute Gasteiger partial charge is 0.345 e. The molecule has 0 saturated heterocycles. The summed E-state index contributed by atoms with van der Waals surface area (Å²) in [5.74, 6) is -0.347. The molecule has 7 heteroatoms. The molecule has 1 aliphatic heterocycles. The van der Waals surface area contributed by atoms with Crippen molar-refractivity contribution < 1.29 is 9.90 Å². The molecule has 0 atom stereocenters. The van der Waals surface area contributed by atoms with Gasteiger partial charge in [-0.05, 0) is 67.9 Å². The summed E-state index contributed by atoms with van der Waals surface area (Å²) >= 11 is 1.46. The van der Waals surface area contributed by atoms with Crippen LogP contribution in [0.15, 0.2) is 42.7 Å². The molecule has 4 aromatic heterocycles. The van der Waals surface area contributed by atoms with Gasteiger partial charge in [-0.1, -0.05) is 31.4 Å². The van der Waals surface area contributed by atoms with Gasteiger partial charge in [0.15, 0.2) is 0 Å². The maximum absolute atomic E-state index is 11.9. The second-order valence-corrected chi connectivity index (χ2v) is 11.4. The Morgan fingerprint density at radius 1 is 1.05 bits per heavy atom. The highest BCUT2D eigenvalue weighted by Crippen LogP contribution is 2.49. The predicted molar refractivity (Wildman–Crippen MR) is 147 cm³/mol. The van der Waals surface area contributed by atoms with Crippen LogP contribution in [-0.2, 0) is 13.0 Å². The number of thiophene rings is 1. The van der Waals surface area contributed by atoms with E-state index in [0.29, 0.717) is 10.8 Å². The van der Waals surface area contributed by atoms with Gasteiger partial charge in [-0.3, -0.25) is 9.97 Å². The average Bonchev–Trinajstić information content (AvgIpc) is 3.41. The molecule has 5 aromatic rings. The molecular formula is C30H28N4O2S. The standard InChI is InChI=1S/C30H28N4O2S/c1-17-27(32-14-13-31-17)23-12-9-20-19-8-5-15-34-24-16-25(30(35)36)37-29(24)26(18-6-3-2-4-7-18)28(34)21(19)10-11-22(20)33-23/h9-14,16,18H,2-8,15H2,1H3,(H,35,36). The van der Waals surface area contributed by atoms with Crippen molar-refractivity contribution in [2.45, 2.75) is 64.3 Å². The van der Waals surface area contributed by atoms with Crippen molar-refractivity contribution in [2.75, 3.05) is 0 Å². The van der Waals surface area contributed by atoms with Crippen LogP contribution in [0.4, 0.5) is 0 Å². The number of aromatic carboxylic acids is 1. The largest absolute Gasteiger partial charge is 0.477 e. The van der Waals surface area contributed by atoms with Gasteiger partial charge in [0.25, 0.3) is 0 Å². The van der Waals surface area contributed by atoms with Gasteiger partial charge in [0.05, 0.1) is 32.8 Å². The SMILES string of the molecule is Cc1nccnc1-c1ccc2c3c(ccc2n1)-c1c(C2CCCCC2)c2sc(C(=O)O)cc2n1CCC3. The monoisotopic (exact) mass is 508 g/mol. The van der Waals surface area contributed by atoms with Crippen molar-refractivity contribution in [3.05, 3.63) is 64.4 Å². The molecule has 0 bridgehead atoms. The Balaban J connectivity index is 1.45. The zero-order valence-electron chi connectivity index (χ0n) is 20.8.